The van der Waals surface area contributed by atoms with Crippen molar-refractivity contribution in [3.8, 4) is 5.75 Å². The third kappa shape index (κ3) is 3.57. The predicted octanol–water partition coefficient (Wildman–Crippen LogP) is 1.45. The summed E-state index contributed by atoms with van der Waals surface area (Å²) in [5.74, 6) is -1.44. The molecule has 2 aromatic rings. The molecule has 1 saturated heterocycles. The van der Waals surface area contributed by atoms with Gasteiger partial charge in [-0.05, 0) is 12.1 Å². The maximum absolute atomic E-state index is 13.8. The van der Waals surface area contributed by atoms with Crippen LogP contribution >= 0.6 is 0 Å². The van der Waals surface area contributed by atoms with Crippen molar-refractivity contribution in [2.75, 3.05) is 13.7 Å². The van der Waals surface area contributed by atoms with Gasteiger partial charge in [0, 0.05) is 18.8 Å². The summed E-state index contributed by atoms with van der Waals surface area (Å²) in [5.41, 5.74) is 0.114. The Morgan fingerprint density at radius 1 is 1.28 bits per heavy atom. The molecule has 2 heterocycles. The second-order valence-corrected chi connectivity index (χ2v) is 5.49. The monoisotopic (exact) mass is 345 g/mol. The number of rotatable bonds is 4. The van der Waals surface area contributed by atoms with Crippen LogP contribution in [0.2, 0.25) is 0 Å². The molecule has 1 aliphatic heterocycles. The molecule has 2 atom stereocenters. The predicted molar refractivity (Wildman–Crippen MR) is 84.3 cm³/mol. The minimum absolute atomic E-state index is 0.0740. The Kier molecular flexibility index (Phi) is 4.87. The number of carbonyl (C=O) groups excluding carboxylic acids is 2. The summed E-state index contributed by atoms with van der Waals surface area (Å²) in [6.07, 6.45) is 3.82. The molecule has 8 heteroatoms. The van der Waals surface area contributed by atoms with E-state index >= 15 is 0 Å². The van der Waals surface area contributed by atoms with E-state index < -0.39 is 29.8 Å². The van der Waals surface area contributed by atoms with Gasteiger partial charge in [-0.2, -0.15) is 0 Å². The zero-order valence-electron chi connectivity index (χ0n) is 13.5. The second-order valence-electron chi connectivity index (χ2n) is 5.49. The molecule has 0 unspecified atom stereocenters. The van der Waals surface area contributed by atoms with Gasteiger partial charge in [0.2, 0.25) is 0 Å². The highest BCUT2D eigenvalue weighted by Gasteiger charge is 2.42. The van der Waals surface area contributed by atoms with Crippen molar-refractivity contribution in [3.63, 3.8) is 0 Å². The maximum Gasteiger partial charge on any atom is 0.328 e. The molecule has 0 aliphatic carbocycles. The molecular weight excluding hydrogens is 329 g/mol. The van der Waals surface area contributed by atoms with Crippen molar-refractivity contribution < 1.29 is 23.5 Å². The standard InChI is InChI=1S/C17H16FN3O4/c1-24-17(23)14-8-11(25-15-5-3-2-4-12(15)18)10-21(14)16(22)13-9-19-6-7-20-13/h2-7,9,11,14H,8,10H2,1H3/t11-,14-/m1/s1. The van der Waals surface area contributed by atoms with Gasteiger partial charge in [0.15, 0.2) is 11.6 Å². The van der Waals surface area contributed by atoms with E-state index in [1.165, 1.54) is 42.7 Å². The number of esters is 1. The van der Waals surface area contributed by atoms with Crippen LogP contribution in [0.3, 0.4) is 0 Å². The first kappa shape index (κ1) is 16.8. The fourth-order valence-corrected chi connectivity index (χ4v) is 2.74. The Balaban J connectivity index is 1.80. The normalized spacial score (nSPS) is 19.5. The van der Waals surface area contributed by atoms with Crippen molar-refractivity contribution in [2.24, 2.45) is 0 Å². The van der Waals surface area contributed by atoms with Gasteiger partial charge in [-0.25, -0.2) is 14.2 Å². The van der Waals surface area contributed by atoms with Crippen molar-refractivity contribution >= 4 is 11.9 Å². The lowest BCUT2D eigenvalue weighted by atomic mass is 10.2. The number of halogens is 1. The quantitative estimate of drug-likeness (QED) is 0.780. The fourth-order valence-electron chi connectivity index (χ4n) is 2.74. The molecule has 130 valence electrons. The summed E-state index contributed by atoms with van der Waals surface area (Å²) < 4.78 is 24.2. The molecular formula is C17H16FN3O4. The lowest BCUT2D eigenvalue weighted by Gasteiger charge is -2.21. The summed E-state index contributed by atoms with van der Waals surface area (Å²) in [4.78, 5) is 33.8. The number of hydrogen-bond donors (Lipinski definition) is 0. The molecule has 1 amide bonds. The second kappa shape index (κ2) is 7.25. The maximum atomic E-state index is 13.8. The van der Waals surface area contributed by atoms with Crippen LogP contribution in [0.5, 0.6) is 5.75 Å². The van der Waals surface area contributed by atoms with E-state index in [1.807, 2.05) is 0 Å². The zero-order chi connectivity index (χ0) is 17.8. The van der Waals surface area contributed by atoms with Gasteiger partial charge in [0.05, 0.1) is 19.9 Å². The van der Waals surface area contributed by atoms with Gasteiger partial charge < -0.3 is 14.4 Å². The minimum Gasteiger partial charge on any atom is -0.485 e. The van der Waals surface area contributed by atoms with E-state index in [1.54, 1.807) is 12.1 Å². The van der Waals surface area contributed by atoms with E-state index in [0.29, 0.717) is 0 Å². The number of para-hydroxylation sites is 1. The average Bonchev–Trinajstić information content (AvgIpc) is 3.07. The number of methoxy groups -OCH3 is 1. The summed E-state index contributed by atoms with van der Waals surface area (Å²) in [5, 5.41) is 0. The first-order chi connectivity index (χ1) is 12.1. The molecule has 1 fully saturated rings. The Morgan fingerprint density at radius 3 is 2.76 bits per heavy atom. The largest absolute Gasteiger partial charge is 0.485 e. The van der Waals surface area contributed by atoms with E-state index in [4.69, 9.17) is 9.47 Å². The van der Waals surface area contributed by atoms with Crippen molar-refractivity contribution in [3.05, 3.63) is 54.4 Å². The molecule has 0 N–H and O–H groups in total. The van der Waals surface area contributed by atoms with Gasteiger partial charge >= 0.3 is 5.97 Å². The SMILES string of the molecule is COC(=O)[C@H]1C[C@@H](Oc2ccccc2F)CN1C(=O)c1cnccn1. The van der Waals surface area contributed by atoms with Gasteiger partial charge in [-0.15, -0.1) is 0 Å². The number of carbonyl (C=O) groups is 2. The molecule has 0 bridgehead atoms. The van der Waals surface area contributed by atoms with E-state index in [9.17, 15) is 14.0 Å². The highest BCUT2D eigenvalue weighted by molar-refractivity contribution is 5.95. The first-order valence-electron chi connectivity index (χ1n) is 7.66. The van der Waals surface area contributed by atoms with Crippen molar-refractivity contribution in [2.45, 2.75) is 18.6 Å². The molecule has 0 spiro atoms. The Labute approximate surface area is 143 Å². The van der Waals surface area contributed by atoms with Crippen LogP contribution in [0.1, 0.15) is 16.9 Å². The molecule has 1 aromatic heterocycles. The fraction of sp³-hybridized carbons (Fsp3) is 0.294. The number of amides is 1. The third-order valence-corrected chi connectivity index (χ3v) is 3.91. The first-order valence-corrected chi connectivity index (χ1v) is 7.66. The molecule has 1 aliphatic rings. The number of aromatic nitrogens is 2. The number of benzene rings is 1. The van der Waals surface area contributed by atoms with Gasteiger partial charge in [-0.3, -0.25) is 9.78 Å². The van der Waals surface area contributed by atoms with Crippen LogP contribution in [0.4, 0.5) is 4.39 Å². The molecule has 25 heavy (non-hydrogen) atoms. The van der Waals surface area contributed by atoms with E-state index in [2.05, 4.69) is 9.97 Å². The molecule has 7 nitrogen and oxygen atoms in total. The summed E-state index contributed by atoms with van der Waals surface area (Å²) in [7, 11) is 1.25. The van der Waals surface area contributed by atoms with E-state index in [-0.39, 0.29) is 24.4 Å². The summed E-state index contributed by atoms with van der Waals surface area (Å²) in [6, 6.07) is 5.16. The lowest BCUT2D eigenvalue weighted by molar-refractivity contribution is -0.145. The smallest absolute Gasteiger partial charge is 0.328 e. The van der Waals surface area contributed by atoms with Crippen LogP contribution in [0.25, 0.3) is 0 Å². The van der Waals surface area contributed by atoms with E-state index in [0.717, 1.165) is 0 Å². The van der Waals surface area contributed by atoms with Crippen LogP contribution in [0.15, 0.2) is 42.9 Å². The number of ether oxygens (including phenoxy) is 2. The van der Waals surface area contributed by atoms with Crippen LogP contribution in [-0.4, -0.2) is 52.5 Å². The molecule has 0 saturated carbocycles. The van der Waals surface area contributed by atoms with Crippen molar-refractivity contribution in [1.82, 2.24) is 14.9 Å². The molecule has 0 radical (unpaired) electrons. The van der Waals surface area contributed by atoms with Crippen LogP contribution in [0, 0.1) is 5.82 Å². The molecule has 1 aromatic carbocycles. The number of likely N-dealkylation sites (tertiary alicyclic amines) is 1. The zero-order valence-corrected chi connectivity index (χ0v) is 13.5. The minimum atomic E-state index is -0.823. The third-order valence-electron chi connectivity index (χ3n) is 3.91. The van der Waals surface area contributed by atoms with Gasteiger partial charge in [0.25, 0.3) is 5.91 Å². The van der Waals surface area contributed by atoms with Gasteiger partial charge in [0.1, 0.15) is 17.8 Å². The number of hydrogen-bond acceptors (Lipinski definition) is 6. The summed E-state index contributed by atoms with van der Waals surface area (Å²) >= 11 is 0. The van der Waals surface area contributed by atoms with Crippen molar-refractivity contribution in [1.29, 1.82) is 0 Å². The van der Waals surface area contributed by atoms with Gasteiger partial charge in [-0.1, -0.05) is 12.1 Å². The lowest BCUT2D eigenvalue weighted by Crippen LogP contribution is -2.41. The topological polar surface area (TPSA) is 81.6 Å². The molecule has 3 rings (SSSR count). The Hall–Kier alpha value is -3.03. The highest BCUT2D eigenvalue weighted by Crippen LogP contribution is 2.26. The average molecular weight is 345 g/mol. The Morgan fingerprint density at radius 2 is 2.08 bits per heavy atom. The number of nitrogens with zero attached hydrogens (tertiary/aromatic N) is 3. The van der Waals surface area contributed by atoms with Crippen LogP contribution in [-0.2, 0) is 9.53 Å². The Bertz CT molecular complexity index is 771. The van der Waals surface area contributed by atoms with Crippen LogP contribution < -0.4 is 4.74 Å². The summed E-state index contributed by atoms with van der Waals surface area (Å²) in [6.45, 7) is 0.115. The highest BCUT2D eigenvalue weighted by atomic mass is 19.1.